The molecule has 2 aliphatic heterocycles. The third kappa shape index (κ3) is 2.59. The van der Waals surface area contributed by atoms with Crippen LogP contribution in [0.1, 0.15) is 6.42 Å². The van der Waals surface area contributed by atoms with Crippen LogP contribution in [0.15, 0.2) is 30.5 Å². The summed E-state index contributed by atoms with van der Waals surface area (Å²) in [4.78, 5) is 14.3. The van der Waals surface area contributed by atoms with Crippen LogP contribution in [0.3, 0.4) is 0 Å². The van der Waals surface area contributed by atoms with E-state index in [0.29, 0.717) is 0 Å². The van der Waals surface area contributed by atoms with E-state index in [-0.39, 0.29) is 0 Å². The average molecular weight is 283 g/mol. The van der Waals surface area contributed by atoms with Crippen LogP contribution in [0.2, 0.25) is 0 Å². The van der Waals surface area contributed by atoms with Crippen molar-refractivity contribution in [3.8, 4) is 0 Å². The standard InChI is InChI=1S/C16H21N5/c1-2-4-15-14(3-1)18-12-16(19-15)21-9-7-20(8-10-21)13-5-6-17-11-13/h1-4,12-13,17H,5-11H2. The molecule has 0 spiro atoms. The van der Waals surface area contributed by atoms with Crippen molar-refractivity contribution >= 4 is 16.9 Å². The summed E-state index contributed by atoms with van der Waals surface area (Å²) in [5, 5.41) is 3.46. The number of anilines is 1. The number of aromatic nitrogens is 2. The van der Waals surface area contributed by atoms with E-state index in [1.165, 1.54) is 13.0 Å². The van der Waals surface area contributed by atoms with Gasteiger partial charge in [-0.25, -0.2) is 4.98 Å². The van der Waals surface area contributed by atoms with Crippen LogP contribution in [0.5, 0.6) is 0 Å². The Bertz CT molecular complexity index is 615. The lowest BCUT2D eigenvalue weighted by Crippen LogP contribution is -2.51. The van der Waals surface area contributed by atoms with E-state index in [1.807, 2.05) is 30.5 Å². The van der Waals surface area contributed by atoms with E-state index in [9.17, 15) is 0 Å². The number of hydrogen-bond acceptors (Lipinski definition) is 5. The smallest absolute Gasteiger partial charge is 0.147 e. The van der Waals surface area contributed by atoms with Gasteiger partial charge in [0.1, 0.15) is 5.82 Å². The lowest BCUT2D eigenvalue weighted by atomic mass is 10.2. The van der Waals surface area contributed by atoms with Gasteiger partial charge in [0, 0.05) is 38.8 Å². The number of piperazine rings is 1. The molecule has 2 aromatic rings. The molecule has 5 nitrogen and oxygen atoms in total. The minimum absolute atomic E-state index is 0.731. The first-order valence-corrected chi connectivity index (χ1v) is 7.82. The third-order valence-electron chi connectivity index (χ3n) is 4.62. The van der Waals surface area contributed by atoms with Gasteiger partial charge in [-0.15, -0.1) is 0 Å². The lowest BCUT2D eigenvalue weighted by molar-refractivity contribution is 0.196. The van der Waals surface area contributed by atoms with Crippen LogP contribution in [-0.2, 0) is 0 Å². The second-order valence-electron chi connectivity index (χ2n) is 5.89. The van der Waals surface area contributed by atoms with Crippen molar-refractivity contribution in [3.63, 3.8) is 0 Å². The molecule has 2 aliphatic rings. The summed E-state index contributed by atoms with van der Waals surface area (Å²) in [6.45, 7) is 6.66. The van der Waals surface area contributed by atoms with E-state index < -0.39 is 0 Å². The molecular weight excluding hydrogens is 262 g/mol. The fraction of sp³-hybridized carbons (Fsp3) is 0.500. The van der Waals surface area contributed by atoms with Crippen LogP contribution in [-0.4, -0.2) is 60.2 Å². The van der Waals surface area contributed by atoms with Gasteiger partial charge < -0.3 is 10.2 Å². The molecule has 0 saturated carbocycles. The fourth-order valence-corrected chi connectivity index (χ4v) is 3.37. The molecule has 0 bridgehead atoms. The fourth-order valence-electron chi connectivity index (χ4n) is 3.37. The molecule has 0 aliphatic carbocycles. The van der Waals surface area contributed by atoms with E-state index in [2.05, 4.69) is 20.1 Å². The molecule has 21 heavy (non-hydrogen) atoms. The zero-order valence-corrected chi connectivity index (χ0v) is 12.2. The van der Waals surface area contributed by atoms with Crippen molar-refractivity contribution in [3.05, 3.63) is 30.5 Å². The summed E-state index contributed by atoms with van der Waals surface area (Å²) in [5.41, 5.74) is 1.95. The van der Waals surface area contributed by atoms with Crippen LogP contribution in [0.25, 0.3) is 11.0 Å². The SMILES string of the molecule is c1ccc2nc(N3CCN(C4CCNC4)CC3)cnc2c1. The molecular formula is C16H21N5. The molecule has 1 aromatic carbocycles. The number of hydrogen-bond donors (Lipinski definition) is 1. The summed E-state index contributed by atoms with van der Waals surface area (Å²) < 4.78 is 0. The van der Waals surface area contributed by atoms with Crippen molar-refractivity contribution in [2.24, 2.45) is 0 Å². The van der Waals surface area contributed by atoms with Gasteiger partial charge in [0.05, 0.1) is 17.2 Å². The number of rotatable bonds is 2. The van der Waals surface area contributed by atoms with Gasteiger partial charge >= 0.3 is 0 Å². The predicted octanol–water partition coefficient (Wildman–Crippen LogP) is 1.11. The van der Waals surface area contributed by atoms with Gasteiger partial charge in [0.15, 0.2) is 0 Å². The van der Waals surface area contributed by atoms with E-state index >= 15 is 0 Å². The quantitative estimate of drug-likeness (QED) is 0.894. The molecule has 1 aromatic heterocycles. The van der Waals surface area contributed by atoms with Gasteiger partial charge in [-0.05, 0) is 25.1 Å². The highest BCUT2D eigenvalue weighted by molar-refractivity contribution is 5.75. The molecule has 1 atom stereocenters. The summed E-state index contributed by atoms with van der Waals surface area (Å²) >= 11 is 0. The Morgan fingerprint density at radius 2 is 1.86 bits per heavy atom. The maximum absolute atomic E-state index is 4.75. The Hall–Kier alpha value is -1.72. The summed E-state index contributed by atoms with van der Waals surface area (Å²) in [5.74, 6) is 1.01. The molecule has 1 N–H and O–H groups in total. The van der Waals surface area contributed by atoms with Crippen molar-refractivity contribution in [2.45, 2.75) is 12.5 Å². The Balaban J connectivity index is 1.46. The molecule has 1 unspecified atom stereocenters. The summed E-state index contributed by atoms with van der Waals surface area (Å²) in [7, 11) is 0. The predicted molar refractivity (Wildman–Crippen MR) is 84.6 cm³/mol. The Morgan fingerprint density at radius 3 is 2.62 bits per heavy atom. The lowest BCUT2D eigenvalue weighted by Gasteiger charge is -2.38. The second-order valence-corrected chi connectivity index (χ2v) is 5.89. The number of fused-ring (bicyclic) bond motifs is 1. The molecule has 3 heterocycles. The van der Waals surface area contributed by atoms with Crippen molar-refractivity contribution in [1.82, 2.24) is 20.2 Å². The zero-order valence-electron chi connectivity index (χ0n) is 12.2. The van der Waals surface area contributed by atoms with E-state index in [1.54, 1.807) is 0 Å². The maximum Gasteiger partial charge on any atom is 0.147 e. The van der Waals surface area contributed by atoms with Gasteiger partial charge in [-0.3, -0.25) is 9.88 Å². The maximum atomic E-state index is 4.75. The Kier molecular flexibility index (Phi) is 3.45. The molecule has 2 saturated heterocycles. The first-order valence-electron chi connectivity index (χ1n) is 7.82. The van der Waals surface area contributed by atoms with Crippen LogP contribution in [0, 0.1) is 0 Å². The number of nitrogens with one attached hydrogen (secondary N) is 1. The molecule has 0 amide bonds. The van der Waals surface area contributed by atoms with Gasteiger partial charge in [-0.2, -0.15) is 0 Å². The van der Waals surface area contributed by atoms with Crippen molar-refractivity contribution < 1.29 is 0 Å². The van der Waals surface area contributed by atoms with Gasteiger partial charge in [-0.1, -0.05) is 12.1 Å². The normalized spacial score (nSPS) is 23.8. The van der Waals surface area contributed by atoms with Crippen LogP contribution < -0.4 is 10.2 Å². The first-order chi connectivity index (χ1) is 10.4. The van der Waals surface area contributed by atoms with Gasteiger partial charge in [0.2, 0.25) is 0 Å². The van der Waals surface area contributed by atoms with Crippen molar-refractivity contribution in [1.29, 1.82) is 0 Å². The van der Waals surface area contributed by atoms with E-state index in [4.69, 9.17) is 4.98 Å². The van der Waals surface area contributed by atoms with Crippen molar-refractivity contribution in [2.75, 3.05) is 44.2 Å². The minimum atomic E-state index is 0.731. The van der Waals surface area contributed by atoms with Gasteiger partial charge in [0.25, 0.3) is 0 Å². The largest absolute Gasteiger partial charge is 0.353 e. The zero-order chi connectivity index (χ0) is 14.1. The third-order valence-corrected chi connectivity index (χ3v) is 4.62. The Labute approximate surface area is 125 Å². The van der Waals surface area contributed by atoms with E-state index in [0.717, 1.165) is 55.6 Å². The Morgan fingerprint density at radius 1 is 1.05 bits per heavy atom. The monoisotopic (exact) mass is 283 g/mol. The first kappa shape index (κ1) is 13.0. The summed E-state index contributed by atoms with van der Waals surface area (Å²) in [6, 6.07) is 8.80. The highest BCUT2D eigenvalue weighted by Crippen LogP contribution is 2.18. The summed E-state index contributed by atoms with van der Waals surface area (Å²) in [6.07, 6.45) is 3.20. The molecule has 5 heteroatoms. The second kappa shape index (κ2) is 5.58. The molecule has 110 valence electrons. The topological polar surface area (TPSA) is 44.3 Å². The number of para-hydroxylation sites is 2. The number of nitrogens with zero attached hydrogens (tertiary/aromatic N) is 4. The van der Waals surface area contributed by atoms with Crippen LogP contribution in [0.4, 0.5) is 5.82 Å². The number of benzene rings is 1. The van der Waals surface area contributed by atoms with Crippen LogP contribution >= 0.6 is 0 Å². The highest BCUT2D eigenvalue weighted by Gasteiger charge is 2.26. The molecule has 0 radical (unpaired) electrons. The average Bonchev–Trinajstić information content (AvgIpc) is 3.09. The molecule has 4 rings (SSSR count). The highest BCUT2D eigenvalue weighted by atomic mass is 15.3. The minimum Gasteiger partial charge on any atom is -0.353 e. The molecule has 2 fully saturated rings.